The fourth-order valence-corrected chi connectivity index (χ4v) is 1.27. The lowest BCUT2D eigenvalue weighted by atomic mass is 10.2. The van der Waals surface area contributed by atoms with Gasteiger partial charge < -0.3 is 0 Å². The highest BCUT2D eigenvalue weighted by molar-refractivity contribution is 6.84. The van der Waals surface area contributed by atoms with E-state index in [4.69, 9.17) is 6.42 Å². The van der Waals surface area contributed by atoms with Crippen molar-refractivity contribution in [1.29, 1.82) is 0 Å². The Morgan fingerprint density at radius 1 is 1.30 bits per heavy atom. The summed E-state index contributed by atoms with van der Waals surface area (Å²) in [5.74, 6) is 2.65. The van der Waals surface area contributed by atoms with Gasteiger partial charge in [0.05, 0.1) is 8.07 Å². The lowest BCUT2D eigenvalue weighted by Crippen LogP contribution is -2.37. The number of hydrogen-bond acceptors (Lipinski definition) is 0. The fraction of sp³-hybridized carbons (Fsp3) is 0.667. The molecule has 0 atom stereocenters. The first-order valence-corrected chi connectivity index (χ1v) is 6.69. The van der Waals surface area contributed by atoms with E-state index in [1.54, 1.807) is 0 Å². The Balaban J connectivity index is 4.28. The first kappa shape index (κ1) is 9.78. The molecule has 1 heteroatoms. The standard InChI is InChI=1S/C9H17Si/c1-7-8-10(5,6)9(2,3)4/h1,8H,2-6H3. The van der Waals surface area contributed by atoms with Gasteiger partial charge in [-0.05, 0) is 5.04 Å². The zero-order chi connectivity index (χ0) is 8.41. The molecule has 0 saturated carbocycles. The van der Waals surface area contributed by atoms with E-state index in [1.807, 2.05) is 0 Å². The van der Waals surface area contributed by atoms with E-state index >= 15 is 0 Å². The minimum atomic E-state index is -1.27. The van der Waals surface area contributed by atoms with Crippen molar-refractivity contribution < 1.29 is 0 Å². The summed E-state index contributed by atoms with van der Waals surface area (Å²) >= 11 is 0. The predicted molar refractivity (Wildman–Crippen MR) is 50.3 cm³/mol. The largest absolute Gasteiger partial charge is 0.120 e. The van der Waals surface area contributed by atoms with Crippen LogP contribution in [0.25, 0.3) is 0 Å². The van der Waals surface area contributed by atoms with Crippen LogP contribution in [0.15, 0.2) is 0 Å². The zero-order valence-electron chi connectivity index (χ0n) is 7.65. The normalized spacial score (nSPS) is 12.8. The summed E-state index contributed by atoms with van der Waals surface area (Å²) in [7, 11) is -1.27. The van der Waals surface area contributed by atoms with E-state index in [0.717, 1.165) is 0 Å². The average molecular weight is 153 g/mol. The highest BCUT2D eigenvalue weighted by Gasteiger charge is 2.34. The quantitative estimate of drug-likeness (QED) is 0.401. The molecule has 1 radical (unpaired) electrons. The minimum Gasteiger partial charge on any atom is -0.120 e. The Bertz CT molecular complexity index is 143. The van der Waals surface area contributed by atoms with Crippen LogP contribution in [-0.4, -0.2) is 8.07 Å². The molecule has 0 aromatic heterocycles. The van der Waals surface area contributed by atoms with Gasteiger partial charge in [0, 0.05) is 6.04 Å². The average Bonchev–Trinajstić information content (AvgIpc) is 1.61. The molecule has 0 fully saturated rings. The molecule has 0 unspecified atom stereocenters. The van der Waals surface area contributed by atoms with Crippen LogP contribution in [0.4, 0.5) is 0 Å². The highest BCUT2D eigenvalue weighted by Crippen LogP contribution is 2.36. The maximum Gasteiger partial charge on any atom is 0.0708 e. The molecule has 0 spiro atoms. The molecule has 0 bridgehead atoms. The molecule has 0 aliphatic rings. The van der Waals surface area contributed by atoms with Gasteiger partial charge in [-0.3, -0.25) is 0 Å². The number of rotatable bonds is 1. The SMILES string of the molecule is C#C[CH][Si](C)(C)C(C)(C)C. The monoisotopic (exact) mass is 153 g/mol. The van der Waals surface area contributed by atoms with Gasteiger partial charge in [-0.2, -0.15) is 0 Å². The van der Waals surface area contributed by atoms with Gasteiger partial charge in [0.2, 0.25) is 0 Å². The summed E-state index contributed by atoms with van der Waals surface area (Å²) in [5, 5.41) is 0.388. The van der Waals surface area contributed by atoms with Crippen molar-refractivity contribution in [2.24, 2.45) is 0 Å². The number of terminal acetylenes is 1. The summed E-state index contributed by atoms with van der Waals surface area (Å²) in [6, 6.07) is 2.06. The van der Waals surface area contributed by atoms with E-state index < -0.39 is 8.07 Å². The van der Waals surface area contributed by atoms with Crippen molar-refractivity contribution in [3.8, 4) is 12.3 Å². The van der Waals surface area contributed by atoms with Crippen LogP contribution in [0.3, 0.4) is 0 Å². The molecule has 0 aromatic rings. The van der Waals surface area contributed by atoms with Gasteiger partial charge in [0.1, 0.15) is 0 Å². The molecule has 0 aliphatic heterocycles. The molecular formula is C9H17Si. The Kier molecular flexibility index (Phi) is 2.73. The molecule has 0 nitrogen and oxygen atoms in total. The van der Waals surface area contributed by atoms with Crippen molar-refractivity contribution in [2.75, 3.05) is 0 Å². The first-order chi connectivity index (χ1) is 4.31. The number of hydrogen-bond donors (Lipinski definition) is 0. The van der Waals surface area contributed by atoms with Gasteiger partial charge in [0.25, 0.3) is 0 Å². The van der Waals surface area contributed by atoms with E-state index in [0.29, 0.717) is 5.04 Å². The first-order valence-electron chi connectivity index (χ1n) is 3.62. The van der Waals surface area contributed by atoms with Gasteiger partial charge in [-0.25, -0.2) is 0 Å². The lowest BCUT2D eigenvalue weighted by molar-refractivity contribution is 0.726. The summed E-state index contributed by atoms with van der Waals surface area (Å²) < 4.78 is 0. The third-order valence-electron chi connectivity index (χ3n) is 2.38. The van der Waals surface area contributed by atoms with E-state index in [1.165, 1.54) is 0 Å². The van der Waals surface area contributed by atoms with Crippen LogP contribution in [-0.2, 0) is 0 Å². The van der Waals surface area contributed by atoms with E-state index in [2.05, 4.69) is 45.8 Å². The van der Waals surface area contributed by atoms with Crippen molar-refractivity contribution >= 4 is 8.07 Å². The van der Waals surface area contributed by atoms with Crippen LogP contribution >= 0.6 is 0 Å². The second-order valence-electron chi connectivity index (χ2n) is 4.28. The maximum absolute atomic E-state index is 5.24. The van der Waals surface area contributed by atoms with Crippen LogP contribution < -0.4 is 0 Å². The van der Waals surface area contributed by atoms with E-state index in [-0.39, 0.29) is 0 Å². The zero-order valence-corrected chi connectivity index (χ0v) is 8.65. The predicted octanol–water partition coefficient (Wildman–Crippen LogP) is 2.87. The smallest absolute Gasteiger partial charge is 0.0708 e. The van der Waals surface area contributed by atoms with E-state index in [9.17, 15) is 0 Å². The Hall–Kier alpha value is -0.223. The van der Waals surface area contributed by atoms with Crippen LogP contribution in [0, 0.1) is 18.4 Å². The molecular weight excluding hydrogens is 136 g/mol. The third-order valence-corrected chi connectivity index (χ3v) is 7.13. The van der Waals surface area contributed by atoms with Crippen molar-refractivity contribution in [2.45, 2.75) is 38.9 Å². The molecule has 0 aliphatic carbocycles. The topological polar surface area (TPSA) is 0 Å². The molecule has 57 valence electrons. The summed E-state index contributed by atoms with van der Waals surface area (Å²) in [6.07, 6.45) is 5.24. The highest BCUT2D eigenvalue weighted by atomic mass is 28.3. The summed E-state index contributed by atoms with van der Waals surface area (Å²) in [4.78, 5) is 0. The molecule has 0 amide bonds. The van der Waals surface area contributed by atoms with Gasteiger partial charge >= 0.3 is 0 Å². The van der Waals surface area contributed by atoms with Crippen molar-refractivity contribution in [1.82, 2.24) is 0 Å². The summed E-state index contributed by atoms with van der Waals surface area (Å²) in [5.41, 5.74) is 0. The minimum absolute atomic E-state index is 0.388. The van der Waals surface area contributed by atoms with Crippen LogP contribution in [0.2, 0.25) is 18.1 Å². The Morgan fingerprint density at radius 2 is 1.70 bits per heavy atom. The van der Waals surface area contributed by atoms with Crippen molar-refractivity contribution in [3.63, 3.8) is 0 Å². The fourth-order valence-electron chi connectivity index (χ4n) is 0.425. The Labute approximate surface area is 66.0 Å². The molecule has 0 rings (SSSR count). The third kappa shape index (κ3) is 2.19. The van der Waals surface area contributed by atoms with Gasteiger partial charge in [-0.15, -0.1) is 12.3 Å². The van der Waals surface area contributed by atoms with Gasteiger partial charge in [-0.1, -0.05) is 33.9 Å². The van der Waals surface area contributed by atoms with Crippen molar-refractivity contribution in [3.05, 3.63) is 6.04 Å². The second kappa shape index (κ2) is 2.80. The van der Waals surface area contributed by atoms with Crippen LogP contribution in [0.5, 0.6) is 0 Å². The maximum atomic E-state index is 5.24. The molecule has 10 heavy (non-hydrogen) atoms. The Morgan fingerprint density at radius 3 is 1.80 bits per heavy atom. The lowest BCUT2D eigenvalue weighted by Gasteiger charge is -2.34. The second-order valence-corrected chi connectivity index (χ2v) is 9.51. The molecule has 0 N–H and O–H groups in total. The summed E-state index contributed by atoms with van der Waals surface area (Å²) in [6.45, 7) is 11.4. The van der Waals surface area contributed by atoms with Gasteiger partial charge in [0.15, 0.2) is 0 Å². The molecule has 0 saturated heterocycles. The molecule has 0 heterocycles. The molecule has 0 aromatic carbocycles. The van der Waals surface area contributed by atoms with Crippen LogP contribution in [0.1, 0.15) is 20.8 Å².